The average molecular weight is 243 g/mol. The first-order valence-corrected chi connectivity index (χ1v) is 6.41. The Balaban J connectivity index is 1.99. The molecule has 1 aliphatic heterocycles. The van der Waals surface area contributed by atoms with Crippen LogP contribution >= 0.6 is 0 Å². The first-order valence-electron chi connectivity index (χ1n) is 6.41. The van der Waals surface area contributed by atoms with E-state index in [2.05, 4.69) is 15.5 Å². The average Bonchev–Trinajstić information content (AvgIpc) is 2.47. The van der Waals surface area contributed by atoms with E-state index in [1.165, 1.54) is 0 Å². The summed E-state index contributed by atoms with van der Waals surface area (Å²) in [5.41, 5.74) is 0. The van der Waals surface area contributed by atoms with Crippen molar-refractivity contribution in [2.75, 3.05) is 46.9 Å². The fraction of sp³-hybridized carbons (Fsp3) is 0.917. The molecule has 1 atom stereocenters. The third-order valence-electron chi connectivity index (χ3n) is 2.85. The molecule has 0 bridgehead atoms. The van der Waals surface area contributed by atoms with Gasteiger partial charge in [-0.2, -0.15) is 0 Å². The molecule has 1 aliphatic rings. The summed E-state index contributed by atoms with van der Waals surface area (Å²) in [5.74, 6) is 0.161. The smallest absolute Gasteiger partial charge is 0.221 e. The molecule has 5 nitrogen and oxygen atoms in total. The zero-order valence-electron chi connectivity index (χ0n) is 11.0. The summed E-state index contributed by atoms with van der Waals surface area (Å²) in [4.78, 5) is 13.4. The Kier molecular flexibility index (Phi) is 7.16. The highest BCUT2D eigenvalue weighted by molar-refractivity contribution is 5.76. The molecule has 0 aromatic heterocycles. The predicted octanol–water partition coefficient (Wildman–Crippen LogP) is -0.177. The lowest BCUT2D eigenvalue weighted by Crippen LogP contribution is -2.34. The number of carbonyl (C=O) groups is 1. The molecular weight excluding hydrogens is 218 g/mol. The number of carbonyl (C=O) groups excluding carboxylic acids is 1. The number of nitrogens with zero attached hydrogens (tertiary/aromatic N) is 1. The number of nitrogens with one attached hydrogen (secondary N) is 2. The third kappa shape index (κ3) is 7.31. The molecule has 1 heterocycles. The molecule has 0 aromatic carbocycles. The fourth-order valence-corrected chi connectivity index (χ4v) is 1.83. The lowest BCUT2D eigenvalue weighted by Gasteiger charge is -2.15. The van der Waals surface area contributed by atoms with E-state index in [0.29, 0.717) is 19.1 Å². The number of rotatable bonds is 7. The van der Waals surface area contributed by atoms with Gasteiger partial charge in [-0.3, -0.25) is 4.79 Å². The maximum Gasteiger partial charge on any atom is 0.221 e. The number of hydrogen-bond acceptors (Lipinski definition) is 4. The van der Waals surface area contributed by atoms with Crippen LogP contribution in [0.3, 0.4) is 0 Å². The van der Waals surface area contributed by atoms with Gasteiger partial charge in [-0.15, -0.1) is 0 Å². The van der Waals surface area contributed by atoms with E-state index in [1.54, 1.807) is 0 Å². The summed E-state index contributed by atoms with van der Waals surface area (Å²) in [7, 11) is 4.07. The second-order valence-corrected chi connectivity index (χ2v) is 4.76. The lowest BCUT2D eigenvalue weighted by atomic mass is 10.1. The molecule has 0 spiro atoms. The Morgan fingerprint density at radius 2 is 2.29 bits per heavy atom. The Morgan fingerprint density at radius 1 is 1.47 bits per heavy atom. The van der Waals surface area contributed by atoms with Gasteiger partial charge in [0, 0.05) is 32.1 Å². The van der Waals surface area contributed by atoms with Gasteiger partial charge in [-0.05, 0) is 26.9 Å². The van der Waals surface area contributed by atoms with E-state index < -0.39 is 0 Å². The van der Waals surface area contributed by atoms with Crippen molar-refractivity contribution in [2.45, 2.75) is 25.3 Å². The van der Waals surface area contributed by atoms with Crippen molar-refractivity contribution in [3.8, 4) is 0 Å². The van der Waals surface area contributed by atoms with E-state index in [1.807, 2.05) is 14.1 Å². The molecule has 0 aliphatic carbocycles. The van der Waals surface area contributed by atoms with E-state index in [-0.39, 0.29) is 5.91 Å². The van der Waals surface area contributed by atoms with Gasteiger partial charge < -0.3 is 20.3 Å². The standard InChI is InChI=1S/C12H25N3O2/c1-15(2)7-9-17-8-6-13-11-4-3-5-14-12(16)10-11/h11,13H,3-10H2,1-2H3,(H,14,16). The van der Waals surface area contributed by atoms with Crippen molar-refractivity contribution in [3.05, 3.63) is 0 Å². The normalized spacial score (nSPS) is 21.4. The molecule has 100 valence electrons. The molecule has 2 N–H and O–H groups in total. The molecule has 17 heavy (non-hydrogen) atoms. The van der Waals surface area contributed by atoms with Gasteiger partial charge in [0.1, 0.15) is 0 Å². The monoisotopic (exact) mass is 243 g/mol. The van der Waals surface area contributed by atoms with Crippen molar-refractivity contribution in [1.82, 2.24) is 15.5 Å². The predicted molar refractivity (Wildman–Crippen MR) is 68.0 cm³/mol. The minimum atomic E-state index is 0.161. The number of hydrogen-bond donors (Lipinski definition) is 2. The Bertz CT molecular complexity index is 222. The summed E-state index contributed by atoms with van der Waals surface area (Å²) >= 11 is 0. The maximum atomic E-state index is 11.3. The van der Waals surface area contributed by atoms with Gasteiger partial charge in [0.15, 0.2) is 0 Å². The molecule has 0 aromatic rings. The molecular formula is C12H25N3O2. The molecule has 1 rings (SSSR count). The van der Waals surface area contributed by atoms with Crippen molar-refractivity contribution in [3.63, 3.8) is 0 Å². The van der Waals surface area contributed by atoms with Crippen LogP contribution < -0.4 is 10.6 Å². The van der Waals surface area contributed by atoms with Crippen LogP contribution in [0.5, 0.6) is 0 Å². The van der Waals surface area contributed by atoms with Gasteiger partial charge in [0.05, 0.1) is 13.2 Å². The highest BCUT2D eigenvalue weighted by Crippen LogP contribution is 2.05. The minimum absolute atomic E-state index is 0.161. The number of ether oxygens (including phenoxy) is 1. The zero-order chi connectivity index (χ0) is 12.5. The van der Waals surface area contributed by atoms with E-state index in [4.69, 9.17) is 4.74 Å². The number of amides is 1. The van der Waals surface area contributed by atoms with Gasteiger partial charge >= 0.3 is 0 Å². The van der Waals surface area contributed by atoms with E-state index in [9.17, 15) is 4.79 Å². The quantitative estimate of drug-likeness (QED) is 0.609. The van der Waals surface area contributed by atoms with Crippen LogP contribution in [0.1, 0.15) is 19.3 Å². The van der Waals surface area contributed by atoms with Gasteiger partial charge in [-0.1, -0.05) is 0 Å². The Morgan fingerprint density at radius 3 is 3.06 bits per heavy atom. The molecule has 0 saturated carbocycles. The molecule has 1 unspecified atom stereocenters. The van der Waals surface area contributed by atoms with Crippen molar-refractivity contribution >= 4 is 5.91 Å². The Labute approximate surface area is 104 Å². The second kappa shape index (κ2) is 8.44. The first kappa shape index (κ1) is 14.4. The van der Waals surface area contributed by atoms with Crippen LogP contribution in [0.2, 0.25) is 0 Å². The second-order valence-electron chi connectivity index (χ2n) is 4.76. The Hall–Kier alpha value is -0.650. The first-order chi connectivity index (χ1) is 8.18. The molecule has 5 heteroatoms. The number of likely N-dealkylation sites (N-methyl/N-ethyl adjacent to an activating group) is 1. The summed E-state index contributed by atoms with van der Waals surface area (Å²) in [5, 5.41) is 6.26. The zero-order valence-corrected chi connectivity index (χ0v) is 11.0. The fourth-order valence-electron chi connectivity index (χ4n) is 1.83. The van der Waals surface area contributed by atoms with E-state index in [0.717, 1.165) is 39.1 Å². The van der Waals surface area contributed by atoms with Crippen molar-refractivity contribution in [2.24, 2.45) is 0 Å². The largest absolute Gasteiger partial charge is 0.379 e. The SMILES string of the molecule is CN(C)CCOCCNC1CCCNC(=O)C1. The summed E-state index contributed by atoms with van der Waals surface area (Å²) in [6.45, 7) is 4.07. The van der Waals surface area contributed by atoms with Gasteiger partial charge in [-0.25, -0.2) is 0 Å². The minimum Gasteiger partial charge on any atom is -0.379 e. The molecule has 1 amide bonds. The van der Waals surface area contributed by atoms with Crippen LogP contribution in [0.15, 0.2) is 0 Å². The van der Waals surface area contributed by atoms with Crippen LogP contribution in [0, 0.1) is 0 Å². The maximum absolute atomic E-state index is 11.3. The summed E-state index contributed by atoms with van der Waals surface area (Å²) < 4.78 is 5.49. The van der Waals surface area contributed by atoms with Gasteiger partial charge in [0.2, 0.25) is 5.91 Å². The highest BCUT2D eigenvalue weighted by Gasteiger charge is 2.16. The molecule has 0 radical (unpaired) electrons. The lowest BCUT2D eigenvalue weighted by molar-refractivity contribution is -0.121. The summed E-state index contributed by atoms with van der Waals surface area (Å²) in [6, 6.07) is 0.315. The topological polar surface area (TPSA) is 53.6 Å². The van der Waals surface area contributed by atoms with E-state index >= 15 is 0 Å². The van der Waals surface area contributed by atoms with Crippen molar-refractivity contribution in [1.29, 1.82) is 0 Å². The van der Waals surface area contributed by atoms with Crippen molar-refractivity contribution < 1.29 is 9.53 Å². The highest BCUT2D eigenvalue weighted by atomic mass is 16.5. The third-order valence-corrected chi connectivity index (χ3v) is 2.85. The molecule has 1 saturated heterocycles. The van der Waals surface area contributed by atoms with Crippen LogP contribution in [-0.4, -0.2) is 63.8 Å². The summed E-state index contributed by atoms with van der Waals surface area (Å²) in [6.07, 6.45) is 2.72. The van der Waals surface area contributed by atoms with Crippen LogP contribution in [0.4, 0.5) is 0 Å². The molecule has 1 fully saturated rings. The van der Waals surface area contributed by atoms with Gasteiger partial charge in [0.25, 0.3) is 0 Å². The van der Waals surface area contributed by atoms with Crippen LogP contribution in [-0.2, 0) is 9.53 Å². The van der Waals surface area contributed by atoms with Crippen LogP contribution in [0.25, 0.3) is 0 Å².